The van der Waals surface area contributed by atoms with Crippen molar-refractivity contribution in [2.24, 2.45) is 28.9 Å². The van der Waals surface area contributed by atoms with E-state index in [1.165, 1.54) is 12.8 Å². The van der Waals surface area contributed by atoms with E-state index in [9.17, 15) is 0 Å². The van der Waals surface area contributed by atoms with E-state index in [1.807, 2.05) is 0 Å². The zero-order chi connectivity index (χ0) is 13.8. The highest BCUT2D eigenvalue weighted by atomic mass is 16.7. The minimum Gasteiger partial charge on any atom is -0.405 e. The predicted molar refractivity (Wildman–Crippen MR) is 77.8 cm³/mol. The van der Waals surface area contributed by atoms with E-state index in [1.54, 1.807) is 0 Å². The van der Waals surface area contributed by atoms with Crippen LogP contribution >= 0.6 is 0 Å². The molecular weight excluding hydrogens is 237 g/mol. The summed E-state index contributed by atoms with van der Waals surface area (Å²) >= 11 is 0. The molecule has 108 valence electrons. The van der Waals surface area contributed by atoms with Gasteiger partial charge in [-0.3, -0.25) is 0 Å². The lowest BCUT2D eigenvalue weighted by atomic mass is 9.43. The summed E-state index contributed by atoms with van der Waals surface area (Å²) in [4.78, 5) is 0. The van der Waals surface area contributed by atoms with Gasteiger partial charge in [0.15, 0.2) is 0 Å². The van der Waals surface area contributed by atoms with Crippen LogP contribution in [-0.4, -0.2) is 25.4 Å². The van der Waals surface area contributed by atoms with Gasteiger partial charge in [0.2, 0.25) is 0 Å². The minimum atomic E-state index is -0.0502. The third-order valence-corrected chi connectivity index (χ3v) is 6.26. The topological polar surface area (TPSA) is 44.5 Å². The van der Waals surface area contributed by atoms with E-state index >= 15 is 0 Å². The molecule has 1 unspecified atom stereocenters. The van der Waals surface area contributed by atoms with Gasteiger partial charge in [-0.05, 0) is 62.2 Å². The van der Waals surface area contributed by atoms with Gasteiger partial charge in [-0.2, -0.15) is 0 Å². The fourth-order valence-corrected chi connectivity index (χ4v) is 4.78. The molecule has 0 aromatic rings. The van der Waals surface area contributed by atoms with Crippen LogP contribution in [0.4, 0.5) is 0 Å². The van der Waals surface area contributed by atoms with E-state index in [2.05, 4.69) is 27.7 Å². The third-order valence-electron chi connectivity index (χ3n) is 6.26. The van der Waals surface area contributed by atoms with Crippen molar-refractivity contribution in [3.05, 3.63) is 0 Å². The van der Waals surface area contributed by atoms with Gasteiger partial charge in [0, 0.05) is 0 Å². The molecule has 4 rings (SSSR count). The molecule has 0 amide bonds. The summed E-state index contributed by atoms with van der Waals surface area (Å²) in [5.74, 6) is 2.08. The first-order chi connectivity index (χ1) is 8.88. The first-order valence-electron chi connectivity index (χ1n) is 7.91. The Labute approximate surface area is 117 Å². The molecule has 4 fully saturated rings. The van der Waals surface area contributed by atoms with Gasteiger partial charge in [-0.1, -0.05) is 20.8 Å². The van der Waals surface area contributed by atoms with Crippen LogP contribution in [0.15, 0.2) is 0 Å². The summed E-state index contributed by atoms with van der Waals surface area (Å²) in [5, 5.41) is 0. The zero-order valence-electron chi connectivity index (χ0n) is 12.8. The molecule has 0 spiro atoms. The SMILES string of the molecule is CC(CCN)CB1O[C@@H]2C[C@@H]3C[C@@H](C3(C)C)[C@]2(C)O1. The van der Waals surface area contributed by atoms with Crippen molar-refractivity contribution >= 4 is 7.12 Å². The third kappa shape index (κ3) is 1.98. The molecule has 3 nitrogen and oxygen atoms in total. The second-order valence-electron chi connectivity index (χ2n) is 7.82. The van der Waals surface area contributed by atoms with Crippen LogP contribution in [0.5, 0.6) is 0 Å². The molecule has 1 saturated heterocycles. The summed E-state index contributed by atoms with van der Waals surface area (Å²) in [6.07, 6.45) is 4.87. The van der Waals surface area contributed by atoms with Gasteiger partial charge >= 0.3 is 7.12 Å². The van der Waals surface area contributed by atoms with E-state index in [4.69, 9.17) is 15.0 Å². The highest BCUT2D eigenvalue weighted by Gasteiger charge is 2.67. The van der Waals surface area contributed by atoms with Crippen LogP contribution in [0.1, 0.15) is 47.0 Å². The Balaban J connectivity index is 1.67. The fourth-order valence-electron chi connectivity index (χ4n) is 4.78. The fraction of sp³-hybridized carbons (Fsp3) is 1.00. The average molecular weight is 265 g/mol. The molecule has 1 aliphatic heterocycles. The molecule has 2 bridgehead atoms. The molecule has 19 heavy (non-hydrogen) atoms. The predicted octanol–water partition coefficient (Wildman–Crippen LogP) is 2.70. The highest BCUT2D eigenvalue weighted by Crippen LogP contribution is 2.65. The molecule has 0 aromatic heterocycles. The van der Waals surface area contributed by atoms with E-state index in [0.29, 0.717) is 23.4 Å². The maximum absolute atomic E-state index is 6.39. The molecule has 0 radical (unpaired) electrons. The Morgan fingerprint density at radius 2 is 2.05 bits per heavy atom. The Morgan fingerprint density at radius 1 is 1.32 bits per heavy atom. The van der Waals surface area contributed by atoms with E-state index in [0.717, 1.165) is 25.2 Å². The molecule has 2 N–H and O–H groups in total. The normalized spacial score (nSPS) is 44.7. The molecule has 3 aliphatic carbocycles. The molecular formula is C15H28BNO2. The van der Waals surface area contributed by atoms with Crippen molar-refractivity contribution in [3.8, 4) is 0 Å². The lowest BCUT2D eigenvalue weighted by Gasteiger charge is -2.64. The van der Waals surface area contributed by atoms with Gasteiger partial charge in [0.05, 0.1) is 11.7 Å². The van der Waals surface area contributed by atoms with Crippen LogP contribution in [0.3, 0.4) is 0 Å². The summed E-state index contributed by atoms with van der Waals surface area (Å²) in [6.45, 7) is 10.1. The van der Waals surface area contributed by atoms with Crippen molar-refractivity contribution in [2.45, 2.75) is 65.0 Å². The first-order valence-corrected chi connectivity index (χ1v) is 7.91. The standard InChI is InChI=1S/C15H28BNO2/c1-10(5-6-17)9-16-18-13-8-11-7-12(14(11,2)3)15(13,4)19-16/h10-13H,5-9,17H2,1-4H3/t10?,11-,12-,13+,15-/m0/s1. The van der Waals surface area contributed by atoms with Crippen LogP contribution in [0, 0.1) is 23.2 Å². The number of hydrogen-bond donors (Lipinski definition) is 1. The quantitative estimate of drug-likeness (QED) is 0.795. The van der Waals surface area contributed by atoms with Crippen LogP contribution in [0.2, 0.25) is 6.32 Å². The van der Waals surface area contributed by atoms with Crippen molar-refractivity contribution in [2.75, 3.05) is 6.54 Å². The summed E-state index contributed by atoms with van der Waals surface area (Å²) in [5.41, 5.74) is 6.02. The number of nitrogens with two attached hydrogens (primary N) is 1. The van der Waals surface area contributed by atoms with Crippen molar-refractivity contribution in [3.63, 3.8) is 0 Å². The lowest BCUT2D eigenvalue weighted by molar-refractivity contribution is -0.199. The zero-order valence-corrected chi connectivity index (χ0v) is 12.8. The lowest BCUT2D eigenvalue weighted by Crippen LogP contribution is -2.65. The Morgan fingerprint density at radius 3 is 2.68 bits per heavy atom. The van der Waals surface area contributed by atoms with Crippen molar-refractivity contribution < 1.29 is 9.31 Å². The van der Waals surface area contributed by atoms with Gasteiger partial charge in [-0.15, -0.1) is 0 Å². The maximum atomic E-state index is 6.39. The average Bonchev–Trinajstić information content (AvgIpc) is 2.63. The first kappa shape index (κ1) is 13.9. The van der Waals surface area contributed by atoms with Crippen molar-refractivity contribution in [1.82, 2.24) is 0 Å². The summed E-state index contributed by atoms with van der Waals surface area (Å²) in [7, 11) is -0.00769. The Bertz CT molecular complexity index is 362. The monoisotopic (exact) mass is 265 g/mol. The maximum Gasteiger partial charge on any atom is 0.457 e. The summed E-state index contributed by atoms with van der Waals surface area (Å²) < 4.78 is 12.6. The van der Waals surface area contributed by atoms with E-state index in [-0.39, 0.29) is 12.7 Å². The van der Waals surface area contributed by atoms with Crippen molar-refractivity contribution in [1.29, 1.82) is 0 Å². The summed E-state index contributed by atoms with van der Waals surface area (Å²) in [6, 6.07) is 0. The smallest absolute Gasteiger partial charge is 0.405 e. The minimum absolute atomic E-state index is 0.00769. The molecule has 1 heterocycles. The molecule has 4 aliphatic rings. The van der Waals surface area contributed by atoms with Gasteiger partial charge in [0.25, 0.3) is 0 Å². The van der Waals surface area contributed by atoms with Crippen LogP contribution in [0.25, 0.3) is 0 Å². The second-order valence-corrected chi connectivity index (χ2v) is 7.82. The van der Waals surface area contributed by atoms with Crippen LogP contribution < -0.4 is 5.73 Å². The molecule has 3 saturated carbocycles. The van der Waals surface area contributed by atoms with Gasteiger partial charge in [0.1, 0.15) is 0 Å². The van der Waals surface area contributed by atoms with Crippen LogP contribution in [-0.2, 0) is 9.31 Å². The largest absolute Gasteiger partial charge is 0.457 e. The second kappa shape index (κ2) is 4.47. The Kier molecular flexibility index (Phi) is 3.27. The molecule has 4 heteroatoms. The van der Waals surface area contributed by atoms with E-state index < -0.39 is 0 Å². The van der Waals surface area contributed by atoms with Gasteiger partial charge in [-0.25, -0.2) is 0 Å². The highest BCUT2D eigenvalue weighted by molar-refractivity contribution is 6.45. The van der Waals surface area contributed by atoms with Gasteiger partial charge < -0.3 is 15.0 Å². The molecule has 5 atom stereocenters. The number of rotatable bonds is 4. The Hall–Kier alpha value is -0.0551. The molecule has 0 aromatic carbocycles. The number of hydrogen-bond acceptors (Lipinski definition) is 3.